The Balaban J connectivity index is 1.99. The number of ether oxygens (including phenoxy) is 1. The fourth-order valence-electron chi connectivity index (χ4n) is 1.89. The average Bonchev–Trinajstić information content (AvgIpc) is 2.42. The number of nitrogens with zero attached hydrogens (tertiary/aromatic N) is 1. The smallest absolute Gasteiger partial charge is 0.219 e. The van der Waals surface area contributed by atoms with Gasteiger partial charge < -0.3 is 15.4 Å². The fraction of sp³-hybridized carbons (Fsp3) is 0.312. The Kier molecular flexibility index (Phi) is 4.77. The van der Waals surface area contributed by atoms with E-state index in [0.29, 0.717) is 11.6 Å². The van der Waals surface area contributed by atoms with Crippen LogP contribution < -0.4 is 15.4 Å². The molecule has 0 amide bonds. The molecule has 0 saturated carbocycles. The molecule has 0 aliphatic heterocycles. The first-order valence-corrected chi connectivity index (χ1v) is 6.69. The first-order valence-electron chi connectivity index (χ1n) is 6.69. The fourth-order valence-corrected chi connectivity index (χ4v) is 1.89. The van der Waals surface area contributed by atoms with E-state index >= 15 is 0 Å². The second kappa shape index (κ2) is 6.56. The van der Waals surface area contributed by atoms with E-state index < -0.39 is 0 Å². The summed E-state index contributed by atoms with van der Waals surface area (Å²) in [5, 5.41) is 0. The van der Waals surface area contributed by atoms with Gasteiger partial charge in [-0.1, -0.05) is 12.1 Å². The van der Waals surface area contributed by atoms with Crippen LogP contribution >= 0.6 is 0 Å². The van der Waals surface area contributed by atoms with Gasteiger partial charge in [-0.3, -0.25) is 0 Å². The van der Waals surface area contributed by atoms with Crippen LogP contribution in [0, 0.1) is 0 Å². The third kappa shape index (κ3) is 5.06. The van der Waals surface area contributed by atoms with Gasteiger partial charge in [0, 0.05) is 11.6 Å². The standard InChI is InChI=1S/C16H20N2O3/c1-16(2,17)10-12-4-6-13(7-5-12)20-15-9-8-14(11-18-15)21-19-3/h4-9,11H,10,17H2,1-3H3. The zero-order valence-corrected chi connectivity index (χ0v) is 12.5. The largest absolute Gasteiger partial charge is 0.439 e. The van der Waals surface area contributed by atoms with Crippen molar-refractivity contribution in [2.75, 3.05) is 7.11 Å². The molecule has 0 aliphatic carbocycles. The molecule has 112 valence electrons. The lowest BCUT2D eigenvalue weighted by atomic mass is 9.96. The third-order valence-electron chi connectivity index (χ3n) is 2.69. The Morgan fingerprint density at radius 3 is 2.24 bits per heavy atom. The summed E-state index contributed by atoms with van der Waals surface area (Å²) in [5.74, 6) is 1.73. The van der Waals surface area contributed by atoms with Gasteiger partial charge in [0.25, 0.3) is 0 Å². The van der Waals surface area contributed by atoms with Gasteiger partial charge in [0.1, 0.15) is 5.75 Å². The Morgan fingerprint density at radius 1 is 1.05 bits per heavy atom. The van der Waals surface area contributed by atoms with Gasteiger partial charge in [-0.2, -0.15) is 4.89 Å². The van der Waals surface area contributed by atoms with Crippen LogP contribution in [0.25, 0.3) is 0 Å². The van der Waals surface area contributed by atoms with Gasteiger partial charge in [-0.25, -0.2) is 4.98 Å². The van der Waals surface area contributed by atoms with Crippen molar-refractivity contribution in [3.63, 3.8) is 0 Å². The van der Waals surface area contributed by atoms with Gasteiger partial charge in [-0.15, -0.1) is 0 Å². The topological polar surface area (TPSA) is 66.6 Å². The van der Waals surface area contributed by atoms with Gasteiger partial charge in [0.2, 0.25) is 5.88 Å². The molecule has 2 rings (SSSR count). The number of aromatic nitrogens is 1. The van der Waals surface area contributed by atoms with Crippen molar-refractivity contribution in [2.24, 2.45) is 5.73 Å². The van der Waals surface area contributed by atoms with Crippen LogP contribution in [0.15, 0.2) is 42.6 Å². The molecule has 0 bridgehead atoms. The maximum absolute atomic E-state index is 6.00. The Morgan fingerprint density at radius 2 is 1.71 bits per heavy atom. The SMILES string of the molecule is COOc1ccc(Oc2ccc(CC(C)(C)N)cc2)nc1. The van der Waals surface area contributed by atoms with E-state index in [9.17, 15) is 0 Å². The van der Waals surface area contributed by atoms with Crippen molar-refractivity contribution >= 4 is 0 Å². The van der Waals surface area contributed by atoms with E-state index in [4.69, 9.17) is 15.4 Å². The van der Waals surface area contributed by atoms with E-state index in [2.05, 4.69) is 9.87 Å². The number of hydrogen-bond acceptors (Lipinski definition) is 5. The molecule has 2 aromatic rings. The monoisotopic (exact) mass is 288 g/mol. The van der Waals surface area contributed by atoms with Crippen LogP contribution in [0.3, 0.4) is 0 Å². The molecular formula is C16H20N2O3. The van der Waals surface area contributed by atoms with E-state index in [0.717, 1.165) is 12.2 Å². The quantitative estimate of drug-likeness (QED) is 0.653. The van der Waals surface area contributed by atoms with E-state index in [1.165, 1.54) is 18.9 Å². The summed E-state index contributed by atoms with van der Waals surface area (Å²) in [5.41, 5.74) is 6.96. The number of hydrogen-bond donors (Lipinski definition) is 1. The predicted molar refractivity (Wildman–Crippen MR) is 80.4 cm³/mol. The van der Waals surface area contributed by atoms with Gasteiger partial charge in [0.15, 0.2) is 5.75 Å². The molecule has 21 heavy (non-hydrogen) atoms. The summed E-state index contributed by atoms with van der Waals surface area (Å²) in [6.45, 7) is 4.01. The second-order valence-electron chi connectivity index (χ2n) is 5.49. The lowest BCUT2D eigenvalue weighted by molar-refractivity contribution is -0.178. The maximum atomic E-state index is 6.00. The van der Waals surface area contributed by atoms with Crippen molar-refractivity contribution in [1.82, 2.24) is 4.98 Å². The number of nitrogens with two attached hydrogens (primary N) is 1. The first kappa shape index (κ1) is 15.3. The van der Waals surface area contributed by atoms with Gasteiger partial charge >= 0.3 is 0 Å². The minimum atomic E-state index is -0.221. The van der Waals surface area contributed by atoms with Crippen LogP contribution in [0.4, 0.5) is 0 Å². The van der Waals surface area contributed by atoms with Crippen molar-refractivity contribution < 1.29 is 14.5 Å². The first-order chi connectivity index (χ1) is 9.96. The number of benzene rings is 1. The lowest BCUT2D eigenvalue weighted by Crippen LogP contribution is -2.34. The summed E-state index contributed by atoms with van der Waals surface area (Å²) in [7, 11) is 1.44. The van der Waals surface area contributed by atoms with Crippen molar-refractivity contribution in [3.05, 3.63) is 48.2 Å². The normalized spacial score (nSPS) is 11.2. The summed E-state index contributed by atoms with van der Waals surface area (Å²) < 4.78 is 5.66. The van der Waals surface area contributed by atoms with E-state index in [-0.39, 0.29) is 5.54 Å². The van der Waals surface area contributed by atoms with Crippen molar-refractivity contribution in [3.8, 4) is 17.4 Å². The number of rotatable bonds is 6. The summed E-state index contributed by atoms with van der Waals surface area (Å²) in [4.78, 5) is 13.5. The third-order valence-corrected chi connectivity index (χ3v) is 2.69. The predicted octanol–water partition coefficient (Wildman–Crippen LogP) is 3.09. The maximum Gasteiger partial charge on any atom is 0.219 e. The van der Waals surface area contributed by atoms with Crippen LogP contribution in [0.2, 0.25) is 0 Å². The van der Waals surface area contributed by atoms with Gasteiger partial charge in [-0.05, 0) is 44.0 Å². The summed E-state index contributed by atoms with van der Waals surface area (Å²) in [6, 6.07) is 11.3. The second-order valence-corrected chi connectivity index (χ2v) is 5.49. The van der Waals surface area contributed by atoms with Gasteiger partial charge in [0.05, 0.1) is 13.3 Å². The molecule has 0 fully saturated rings. The van der Waals surface area contributed by atoms with Crippen molar-refractivity contribution in [1.29, 1.82) is 0 Å². The minimum Gasteiger partial charge on any atom is -0.439 e. The molecule has 1 aromatic carbocycles. The van der Waals surface area contributed by atoms with E-state index in [1.54, 1.807) is 12.1 Å². The molecule has 0 atom stereocenters. The van der Waals surface area contributed by atoms with Crippen molar-refractivity contribution in [2.45, 2.75) is 25.8 Å². The number of pyridine rings is 1. The Hall–Kier alpha value is -2.11. The molecule has 0 saturated heterocycles. The van der Waals surface area contributed by atoms with E-state index in [1.807, 2.05) is 38.1 Å². The van der Waals surface area contributed by atoms with Crippen LogP contribution in [-0.4, -0.2) is 17.6 Å². The lowest BCUT2D eigenvalue weighted by Gasteiger charge is -2.18. The molecule has 0 spiro atoms. The van der Waals surface area contributed by atoms with Crippen LogP contribution in [0.5, 0.6) is 17.4 Å². The zero-order valence-electron chi connectivity index (χ0n) is 12.5. The molecule has 1 heterocycles. The van der Waals surface area contributed by atoms with Crippen LogP contribution in [0.1, 0.15) is 19.4 Å². The Labute approximate surface area is 124 Å². The molecule has 1 aromatic heterocycles. The highest BCUT2D eigenvalue weighted by molar-refractivity contribution is 5.32. The minimum absolute atomic E-state index is 0.221. The molecule has 5 nitrogen and oxygen atoms in total. The van der Waals surface area contributed by atoms with Crippen LogP contribution in [-0.2, 0) is 11.3 Å². The molecular weight excluding hydrogens is 268 g/mol. The molecule has 5 heteroatoms. The molecule has 2 N–H and O–H groups in total. The molecule has 0 unspecified atom stereocenters. The highest BCUT2D eigenvalue weighted by Crippen LogP contribution is 2.22. The molecule has 0 radical (unpaired) electrons. The zero-order chi connectivity index (χ0) is 15.3. The Bertz CT molecular complexity index is 560. The average molecular weight is 288 g/mol. The summed E-state index contributed by atoms with van der Waals surface area (Å²) >= 11 is 0. The highest BCUT2D eigenvalue weighted by atomic mass is 17.2. The molecule has 0 aliphatic rings. The summed E-state index contributed by atoms with van der Waals surface area (Å²) in [6.07, 6.45) is 2.35. The highest BCUT2D eigenvalue weighted by Gasteiger charge is 2.11.